The van der Waals surface area contributed by atoms with Crippen LogP contribution in [0.25, 0.3) is 0 Å². The zero-order chi connectivity index (χ0) is 16.8. The van der Waals surface area contributed by atoms with E-state index in [1.165, 1.54) is 0 Å². The third-order valence-corrected chi connectivity index (χ3v) is 4.28. The molecule has 23 heavy (non-hydrogen) atoms. The van der Waals surface area contributed by atoms with Gasteiger partial charge in [-0.3, -0.25) is 4.79 Å². The van der Waals surface area contributed by atoms with E-state index in [0.717, 1.165) is 32.4 Å². The molecule has 0 aliphatic carbocycles. The van der Waals surface area contributed by atoms with E-state index in [4.69, 9.17) is 21.1 Å². The number of nitrogens with zero attached hydrogens (tertiary/aromatic N) is 1. The summed E-state index contributed by atoms with van der Waals surface area (Å²) in [5.74, 6) is 0.855. The Morgan fingerprint density at radius 2 is 2.09 bits per heavy atom. The van der Waals surface area contributed by atoms with E-state index in [9.17, 15) is 4.79 Å². The second kappa shape index (κ2) is 8.41. The van der Waals surface area contributed by atoms with Crippen LogP contribution >= 0.6 is 11.6 Å². The van der Waals surface area contributed by atoms with Crippen LogP contribution in [0.5, 0.6) is 11.5 Å². The van der Waals surface area contributed by atoms with Crippen LogP contribution in [0.4, 0.5) is 0 Å². The normalized spacial score (nSPS) is 16.2. The third kappa shape index (κ3) is 4.75. The molecule has 128 valence electrons. The molecule has 1 N–H and O–H groups in total. The number of hydrogen-bond donors (Lipinski definition) is 1. The highest BCUT2D eigenvalue weighted by Crippen LogP contribution is 2.36. The molecule has 0 spiro atoms. The smallest absolute Gasteiger partial charge is 0.251 e. The van der Waals surface area contributed by atoms with Crippen molar-refractivity contribution < 1.29 is 14.3 Å². The van der Waals surface area contributed by atoms with Crippen LogP contribution < -0.4 is 14.8 Å². The number of nitrogens with one attached hydrogen (secondary N) is 1. The molecule has 5 nitrogen and oxygen atoms in total. The first-order valence-electron chi connectivity index (χ1n) is 8.04. The van der Waals surface area contributed by atoms with Gasteiger partial charge in [0.15, 0.2) is 11.5 Å². The molecule has 1 fully saturated rings. The van der Waals surface area contributed by atoms with Crippen molar-refractivity contribution in [1.29, 1.82) is 0 Å². The molecule has 1 aromatic carbocycles. The van der Waals surface area contributed by atoms with Gasteiger partial charge in [0, 0.05) is 11.6 Å². The van der Waals surface area contributed by atoms with E-state index in [2.05, 4.69) is 17.3 Å². The maximum Gasteiger partial charge on any atom is 0.251 e. The van der Waals surface area contributed by atoms with Crippen molar-refractivity contribution in [2.75, 3.05) is 33.9 Å². The lowest BCUT2D eigenvalue weighted by molar-refractivity contribution is 0.0916. The highest BCUT2D eigenvalue weighted by atomic mass is 35.5. The number of methoxy groups -OCH3 is 1. The molecule has 2 rings (SSSR count). The summed E-state index contributed by atoms with van der Waals surface area (Å²) in [6.07, 6.45) is 2.80. The molecule has 0 aromatic heterocycles. The molecule has 0 atom stereocenters. The van der Waals surface area contributed by atoms with E-state index in [0.29, 0.717) is 28.7 Å². The van der Waals surface area contributed by atoms with Gasteiger partial charge >= 0.3 is 0 Å². The summed E-state index contributed by atoms with van der Waals surface area (Å²) in [5.41, 5.74) is 0.495. The van der Waals surface area contributed by atoms with E-state index in [-0.39, 0.29) is 11.9 Å². The van der Waals surface area contributed by atoms with Crippen molar-refractivity contribution in [2.45, 2.75) is 32.2 Å². The highest BCUT2D eigenvalue weighted by molar-refractivity contribution is 6.32. The van der Waals surface area contributed by atoms with Crippen LogP contribution in [0.2, 0.25) is 5.02 Å². The quantitative estimate of drug-likeness (QED) is 0.865. The van der Waals surface area contributed by atoms with Crippen molar-refractivity contribution in [3.05, 3.63) is 22.7 Å². The molecule has 1 saturated heterocycles. The van der Waals surface area contributed by atoms with Crippen LogP contribution in [0, 0.1) is 0 Å². The minimum Gasteiger partial charge on any atom is -0.493 e. The molecule has 1 amide bonds. The largest absolute Gasteiger partial charge is 0.493 e. The summed E-state index contributed by atoms with van der Waals surface area (Å²) in [6, 6.07) is 3.53. The van der Waals surface area contributed by atoms with Crippen molar-refractivity contribution in [3.8, 4) is 11.5 Å². The van der Waals surface area contributed by atoms with Crippen LogP contribution in [0.15, 0.2) is 12.1 Å². The van der Waals surface area contributed by atoms with Crippen molar-refractivity contribution >= 4 is 17.5 Å². The van der Waals surface area contributed by atoms with Crippen LogP contribution in [0.1, 0.15) is 36.5 Å². The molecule has 0 saturated carbocycles. The van der Waals surface area contributed by atoms with Crippen LogP contribution in [0.3, 0.4) is 0 Å². The average molecular weight is 341 g/mol. The molecule has 1 heterocycles. The molecule has 0 radical (unpaired) electrons. The molecule has 1 aromatic rings. The third-order valence-electron chi connectivity index (χ3n) is 4.00. The number of likely N-dealkylation sites (tertiary alicyclic amines) is 1. The fourth-order valence-electron chi connectivity index (χ4n) is 2.62. The second-order valence-corrected chi connectivity index (χ2v) is 6.30. The number of piperidine rings is 1. The number of ether oxygens (including phenoxy) is 2. The van der Waals surface area contributed by atoms with Gasteiger partial charge in [-0.2, -0.15) is 0 Å². The lowest BCUT2D eigenvalue weighted by Crippen LogP contribution is -2.43. The Balaban J connectivity index is 2.09. The van der Waals surface area contributed by atoms with E-state index in [1.54, 1.807) is 19.2 Å². The van der Waals surface area contributed by atoms with Gasteiger partial charge in [-0.05, 0) is 51.5 Å². The number of halogens is 1. The number of carbonyl (C=O) groups is 1. The molecule has 0 unspecified atom stereocenters. The molecule has 1 aliphatic rings. The zero-order valence-corrected chi connectivity index (χ0v) is 14.8. The molecule has 1 aliphatic heterocycles. The first kappa shape index (κ1) is 17.9. The summed E-state index contributed by atoms with van der Waals surface area (Å²) >= 11 is 6.26. The number of amides is 1. The number of hydrogen-bond acceptors (Lipinski definition) is 4. The van der Waals surface area contributed by atoms with Crippen LogP contribution in [-0.4, -0.2) is 50.7 Å². The Labute approximate surface area is 142 Å². The Morgan fingerprint density at radius 1 is 1.39 bits per heavy atom. The fraction of sp³-hybridized carbons (Fsp3) is 0.588. The Hall–Kier alpha value is -1.46. The maximum atomic E-state index is 12.5. The van der Waals surface area contributed by atoms with Crippen molar-refractivity contribution in [3.63, 3.8) is 0 Å². The van der Waals surface area contributed by atoms with Gasteiger partial charge in [-0.15, -0.1) is 0 Å². The highest BCUT2D eigenvalue weighted by Gasteiger charge is 2.21. The number of rotatable bonds is 6. The van der Waals surface area contributed by atoms with Gasteiger partial charge < -0.3 is 19.7 Å². The van der Waals surface area contributed by atoms with Crippen LogP contribution in [-0.2, 0) is 0 Å². The molecular formula is C17H25ClN2O3. The van der Waals surface area contributed by atoms with E-state index in [1.807, 2.05) is 6.92 Å². The second-order valence-electron chi connectivity index (χ2n) is 5.89. The molecular weight excluding hydrogens is 316 g/mol. The number of benzene rings is 1. The van der Waals surface area contributed by atoms with E-state index >= 15 is 0 Å². The lowest BCUT2D eigenvalue weighted by atomic mass is 10.0. The Bertz CT molecular complexity index is 543. The zero-order valence-electron chi connectivity index (χ0n) is 14.0. The summed E-state index contributed by atoms with van der Waals surface area (Å²) in [7, 11) is 3.64. The average Bonchev–Trinajstić information content (AvgIpc) is 2.55. The predicted molar refractivity (Wildman–Crippen MR) is 91.8 cm³/mol. The van der Waals surface area contributed by atoms with Gasteiger partial charge in [0.05, 0.1) is 18.7 Å². The van der Waals surface area contributed by atoms with Gasteiger partial charge in [0.2, 0.25) is 0 Å². The fourth-order valence-corrected chi connectivity index (χ4v) is 2.88. The van der Waals surface area contributed by atoms with E-state index < -0.39 is 0 Å². The standard InChI is InChI=1S/C17H25ClN2O3/c1-4-9-23-16-14(18)10-12(11-15(16)22-3)17(21)19-13-5-7-20(2)8-6-13/h10-11,13H,4-9H2,1-3H3,(H,19,21). The molecule has 0 bridgehead atoms. The van der Waals surface area contributed by atoms with Crippen molar-refractivity contribution in [1.82, 2.24) is 10.2 Å². The maximum absolute atomic E-state index is 12.5. The van der Waals surface area contributed by atoms with Gasteiger partial charge in [0.1, 0.15) is 0 Å². The SMILES string of the molecule is CCCOc1c(Cl)cc(C(=O)NC2CCN(C)CC2)cc1OC. The lowest BCUT2D eigenvalue weighted by Gasteiger charge is -2.29. The van der Waals surface area contributed by atoms with Crippen molar-refractivity contribution in [2.24, 2.45) is 0 Å². The number of carbonyl (C=O) groups excluding carboxylic acids is 1. The monoisotopic (exact) mass is 340 g/mol. The Morgan fingerprint density at radius 3 is 2.70 bits per heavy atom. The minimum absolute atomic E-state index is 0.123. The Kier molecular flexibility index (Phi) is 6.54. The van der Waals surface area contributed by atoms with Gasteiger partial charge in [-0.25, -0.2) is 0 Å². The predicted octanol–water partition coefficient (Wildman–Crippen LogP) is 2.96. The topological polar surface area (TPSA) is 50.8 Å². The summed E-state index contributed by atoms with van der Waals surface area (Å²) in [5, 5.41) is 3.47. The molecule has 6 heteroatoms. The summed E-state index contributed by atoms with van der Waals surface area (Å²) in [6.45, 7) is 4.57. The summed E-state index contributed by atoms with van der Waals surface area (Å²) in [4.78, 5) is 14.7. The van der Waals surface area contributed by atoms with Gasteiger partial charge in [-0.1, -0.05) is 18.5 Å². The van der Waals surface area contributed by atoms with Gasteiger partial charge in [0.25, 0.3) is 5.91 Å². The first-order valence-corrected chi connectivity index (χ1v) is 8.42. The minimum atomic E-state index is -0.123. The first-order chi connectivity index (χ1) is 11.0. The summed E-state index contributed by atoms with van der Waals surface area (Å²) < 4.78 is 10.9.